The van der Waals surface area contributed by atoms with Gasteiger partial charge >= 0.3 is 5.97 Å². The average molecular weight is 553 g/mol. The number of benzene rings is 2. The summed E-state index contributed by atoms with van der Waals surface area (Å²) in [5.41, 5.74) is 1.28. The summed E-state index contributed by atoms with van der Waals surface area (Å²) in [4.78, 5) is 36.7. The van der Waals surface area contributed by atoms with Gasteiger partial charge in [0.05, 0.1) is 37.4 Å². The van der Waals surface area contributed by atoms with Crippen LogP contribution in [0, 0.1) is 0 Å². The SMILES string of the molecule is CCCc1c(OCCCOc2ccc3c(c2CCC)O[C@](C)(/C=C\C(=O)OCC)CC3=O)ccc(C(C)=O)c1O. The van der Waals surface area contributed by atoms with Gasteiger partial charge in [-0.1, -0.05) is 26.7 Å². The van der Waals surface area contributed by atoms with Crippen molar-refractivity contribution in [1.82, 2.24) is 0 Å². The fourth-order valence-corrected chi connectivity index (χ4v) is 4.73. The zero-order valence-electron chi connectivity index (χ0n) is 24.1. The maximum atomic E-state index is 13.0. The number of phenolic OH excluding ortho intramolecular Hbond substituents is 1. The highest BCUT2D eigenvalue weighted by Gasteiger charge is 2.37. The third-order valence-electron chi connectivity index (χ3n) is 6.65. The average Bonchev–Trinajstić information content (AvgIpc) is 2.90. The first-order valence-electron chi connectivity index (χ1n) is 14.0. The first-order valence-corrected chi connectivity index (χ1v) is 14.0. The van der Waals surface area contributed by atoms with E-state index in [1.165, 1.54) is 13.0 Å². The van der Waals surface area contributed by atoms with Crippen LogP contribution in [-0.2, 0) is 22.4 Å². The van der Waals surface area contributed by atoms with Crippen molar-refractivity contribution >= 4 is 17.5 Å². The Morgan fingerprint density at radius 2 is 1.62 bits per heavy atom. The highest BCUT2D eigenvalue weighted by molar-refractivity contribution is 6.01. The van der Waals surface area contributed by atoms with Crippen LogP contribution in [0.3, 0.4) is 0 Å². The highest BCUT2D eigenvalue weighted by atomic mass is 16.5. The van der Waals surface area contributed by atoms with Crippen molar-refractivity contribution < 1.29 is 38.4 Å². The summed E-state index contributed by atoms with van der Waals surface area (Å²) in [6, 6.07) is 6.85. The van der Waals surface area contributed by atoms with Gasteiger partial charge in [0, 0.05) is 23.6 Å². The van der Waals surface area contributed by atoms with Crippen LogP contribution < -0.4 is 14.2 Å². The van der Waals surface area contributed by atoms with Gasteiger partial charge in [-0.3, -0.25) is 9.59 Å². The summed E-state index contributed by atoms with van der Waals surface area (Å²) in [6.45, 7) is 9.97. The number of rotatable bonds is 14. The van der Waals surface area contributed by atoms with E-state index in [1.54, 1.807) is 44.2 Å². The van der Waals surface area contributed by atoms with E-state index in [4.69, 9.17) is 18.9 Å². The van der Waals surface area contributed by atoms with Crippen molar-refractivity contribution in [2.24, 2.45) is 0 Å². The van der Waals surface area contributed by atoms with Gasteiger partial charge in [-0.15, -0.1) is 0 Å². The van der Waals surface area contributed by atoms with Crippen LogP contribution in [0.5, 0.6) is 23.0 Å². The van der Waals surface area contributed by atoms with Gasteiger partial charge in [0.25, 0.3) is 0 Å². The highest BCUT2D eigenvalue weighted by Crippen LogP contribution is 2.41. The molecule has 216 valence electrons. The Bertz CT molecular complexity index is 1260. The van der Waals surface area contributed by atoms with Crippen LogP contribution in [0.4, 0.5) is 0 Å². The van der Waals surface area contributed by atoms with Crippen LogP contribution >= 0.6 is 0 Å². The third kappa shape index (κ3) is 7.43. The maximum absolute atomic E-state index is 13.0. The third-order valence-corrected chi connectivity index (χ3v) is 6.65. The van der Waals surface area contributed by atoms with Crippen molar-refractivity contribution in [2.45, 2.75) is 78.7 Å². The number of carbonyl (C=O) groups excluding carboxylic acids is 3. The zero-order chi connectivity index (χ0) is 29.3. The second-order valence-electron chi connectivity index (χ2n) is 10.1. The normalized spacial score (nSPS) is 16.4. The Morgan fingerprint density at radius 1 is 1.00 bits per heavy atom. The number of esters is 1. The quantitative estimate of drug-likeness (QED) is 0.128. The van der Waals surface area contributed by atoms with E-state index >= 15 is 0 Å². The van der Waals surface area contributed by atoms with Crippen molar-refractivity contribution in [3.8, 4) is 23.0 Å². The molecule has 2 aromatic rings. The van der Waals surface area contributed by atoms with E-state index in [1.807, 2.05) is 13.8 Å². The van der Waals surface area contributed by atoms with Crippen molar-refractivity contribution in [3.63, 3.8) is 0 Å². The number of fused-ring (bicyclic) bond motifs is 1. The zero-order valence-corrected chi connectivity index (χ0v) is 24.1. The van der Waals surface area contributed by atoms with E-state index in [2.05, 4.69) is 0 Å². The van der Waals surface area contributed by atoms with Crippen molar-refractivity contribution in [1.29, 1.82) is 0 Å². The Morgan fingerprint density at radius 3 is 2.25 bits per heavy atom. The molecule has 1 atom stereocenters. The molecule has 0 aromatic heterocycles. The lowest BCUT2D eigenvalue weighted by Crippen LogP contribution is -2.38. The van der Waals surface area contributed by atoms with Gasteiger partial charge in [-0.2, -0.15) is 0 Å². The molecule has 1 aliphatic heterocycles. The second kappa shape index (κ2) is 14.0. The first kappa shape index (κ1) is 30.7. The number of ketones is 2. The largest absolute Gasteiger partial charge is 0.507 e. The number of carbonyl (C=O) groups is 3. The van der Waals surface area contributed by atoms with Gasteiger partial charge in [-0.25, -0.2) is 4.79 Å². The van der Waals surface area contributed by atoms with Gasteiger partial charge in [0.1, 0.15) is 28.6 Å². The molecule has 2 aromatic carbocycles. The predicted molar refractivity (Wildman–Crippen MR) is 152 cm³/mol. The molecule has 40 heavy (non-hydrogen) atoms. The standard InChI is InChI=1S/C32H40O8/c1-6-10-24-27(14-12-22(21(4)33)30(24)36)38-18-9-19-39-28-15-13-23-26(34)20-32(5,17-16-29(35)37-8-3)40-31(23)25(28)11-7-2/h12-17,36H,6-11,18-20H2,1-5H3/b17-16-/t32-/m1/s1. The summed E-state index contributed by atoms with van der Waals surface area (Å²) in [6.07, 6.45) is 6.45. The smallest absolute Gasteiger partial charge is 0.330 e. The Balaban J connectivity index is 1.71. The lowest BCUT2D eigenvalue weighted by molar-refractivity contribution is -0.137. The molecule has 0 aliphatic carbocycles. The molecule has 1 N–H and O–H groups in total. The van der Waals surface area contributed by atoms with Gasteiger partial charge in [0.2, 0.25) is 0 Å². The van der Waals surface area contributed by atoms with E-state index < -0.39 is 11.6 Å². The van der Waals surface area contributed by atoms with Crippen LogP contribution in [0.15, 0.2) is 36.4 Å². The van der Waals surface area contributed by atoms with Crippen LogP contribution in [0.2, 0.25) is 0 Å². The molecule has 0 saturated carbocycles. The predicted octanol–water partition coefficient (Wildman–Crippen LogP) is 6.19. The van der Waals surface area contributed by atoms with Crippen LogP contribution in [0.1, 0.15) is 92.1 Å². The second-order valence-corrected chi connectivity index (χ2v) is 10.1. The molecule has 0 fully saturated rings. The van der Waals surface area contributed by atoms with Crippen molar-refractivity contribution in [2.75, 3.05) is 19.8 Å². The molecule has 0 amide bonds. The fourth-order valence-electron chi connectivity index (χ4n) is 4.73. The van der Waals surface area contributed by atoms with Gasteiger partial charge in [-0.05, 0) is 64.0 Å². The molecule has 3 rings (SSSR count). The fraction of sp³-hybridized carbons (Fsp3) is 0.469. The molecule has 1 heterocycles. The summed E-state index contributed by atoms with van der Waals surface area (Å²) >= 11 is 0. The maximum Gasteiger partial charge on any atom is 0.330 e. The lowest BCUT2D eigenvalue weighted by atomic mass is 9.89. The molecule has 0 unspecified atom stereocenters. The van der Waals surface area contributed by atoms with Gasteiger partial charge in [0.15, 0.2) is 11.6 Å². The molecule has 0 saturated heterocycles. The molecule has 0 radical (unpaired) electrons. The minimum Gasteiger partial charge on any atom is -0.507 e. The molecule has 0 spiro atoms. The summed E-state index contributed by atoms with van der Waals surface area (Å²) in [5, 5.41) is 10.6. The summed E-state index contributed by atoms with van der Waals surface area (Å²) < 4.78 is 23.4. The minimum atomic E-state index is -0.981. The Hall–Kier alpha value is -3.81. The molecule has 0 bridgehead atoms. The van der Waals surface area contributed by atoms with Gasteiger partial charge < -0.3 is 24.1 Å². The topological polar surface area (TPSA) is 108 Å². The molecule has 1 aliphatic rings. The number of phenols is 1. The number of hydrogen-bond acceptors (Lipinski definition) is 8. The summed E-state index contributed by atoms with van der Waals surface area (Å²) in [5.74, 6) is 0.952. The van der Waals surface area contributed by atoms with E-state index in [0.717, 1.165) is 18.4 Å². The molecule has 8 nitrogen and oxygen atoms in total. The van der Waals surface area contributed by atoms with E-state index in [0.29, 0.717) is 66.4 Å². The number of aromatic hydroxyl groups is 1. The van der Waals surface area contributed by atoms with Crippen LogP contribution in [0.25, 0.3) is 0 Å². The number of Topliss-reactive ketones (excluding diaryl/α,β-unsaturated/α-hetero) is 2. The molecule has 8 heteroatoms. The van der Waals surface area contributed by atoms with Crippen LogP contribution in [-0.4, -0.2) is 48.1 Å². The monoisotopic (exact) mass is 552 g/mol. The lowest BCUT2D eigenvalue weighted by Gasteiger charge is -2.34. The van der Waals surface area contributed by atoms with E-state index in [9.17, 15) is 19.5 Å². The minimum absolute atomic E-state index is 0.0139. The Labute approximate surface area is 236 Å². The van der Waals surface area contributed by atoms with Crippen molar-refractivity contribution in [3.05, 3.63) is 58.7 Å². The first-order chi connectivity index (χ1) is 19.1. The number of hydrogen-bond donors (Lipinski definition) is 1. The molecular formula is C32H40O8. The Kier molecular flexibility index (Phi) is 10.8. The summed E-state index contributed by atoms with van der Waals surface area (Å²) in [7, 11) is 0. The number of ether oxygens (including phenoxy) is 4. The molecular weight excluding hydrogens is 512 g/mol. The van der Waals surface area contributed by atoms with E-state index in [-0.39, 0.29) is 30.3 Å².